The Morgan fingerprint density at radius 2 is 2.13 bits per heavy atom. The Morgan fingerprint density at radius 1 is 1.47 bits per heavy atom. The van der Waals surface area contributed by atoms with E-state index in [1.807, 2.05) is 18.2 Å². The molecule has 0 radical (unpaired) electrons. The van der Waals surface area contributed by atoms with Crippen molar-refractivity contribution in [2.45, 2.75) is 18.9 Å². The Balaban J connectivity index is 2.75. The molecule has 1 rings (SSSR count). The molecule has 0 aliphatic rings. The second kappa shape index (κ2) is 5.61. The van der Waals surface area contributed by atoms with E-state index in [2.05, 4.69) is 4.74 Å². The van der Waals surface area contributed by atoms with Gasteiger partial charge in [0.1, 0.15) is 5.75 Å². The minimum absolute atomic E-state index is 0.351. The molecule has 0 fully saturated rings. The summed E-state index contributed by atoms with van der Waals surface area (Å²) in [6.45, 7) is 1.64. The van der Waals surface area contributed by atoms with E-state index in [4.69, 9.17) is 16.3 Å². The van der Waals surface area contributed by atoms with Crippen molar-refractivity contribution in [2.75, 3.05) is 7.11 Å². The maximum absolute atomic E-state index is 11.1. The lowest BCUT2D eigenvalue weighted by atomic mass is 10.2. The summed E-state index contributed by atoms with van der Waals surface area (Å²) < 4.78 is 9.99. The van der Waals surface area contributed by atoms with Crippen molar-refractivity contribution in [1.29, 1.82) is 0 Å². The highest BCUT2D eigenvalue weighted by atomic mass is 35.5. The van der Waals surface area contributed by atoms with Crippen LogP contribution >= 0.6 is 11.6 Å². The molecule has 3 nitrogen and oxygen atoms in total. The van der Waals surface area contributed by atoms with Gasteiger partial charge in [-0.1, -0.05) is 18.2 Å². The number of rotatable bonds is 4. The highest BCUT2D eigenvalue weighted by molar-refractivity contribution is 6.17. The quantitative estimate of drug-likeness (QED) is 0.586. The lowest BCUT2D eigenvalue weighted by molar-refractivity contribution is -0.147. The predicted octanol–water partition coefficient (Wildman–Crippen LogP) is 2.37. The fourth-order valence-electron chi connectivity index (χ4n) is 1.13. The molecule has 0 aliphatic carbocycles. The van der Waals surface area contributed by atoms with Crippen LogP contribution in [0.1, 0.15) is 12.5 Å². The van der Waals surface area contributed by atoms with E-state index in [0.717, 1.165) is 5.56 Å². The summed E-state index contributed by atoms with van der Waals surface area (Å²) in [5.74, 6) is 0.564. The van der Waals surface area contributed by atoms with Gasteiger partial charge in [0.15, 0.2) is 6.10 Å². The molecule has 4 heteroatoms. The van der Waals surface area contributed by atoms with Crippen LogP contribution in [-0.2, 0) is 15.4 Å². The number of methoxy groups -OCH3 is 1. The smallest absolute Gasteiger partial charge is 0.346 e. The third kappa shape index (κ3) is 3.13. The average molecular weight is 229 g/mol. The third-order valence-electron chi connectivity index (χ3n) is 1.95. The highest BCUT2D eigenvalue weighted by Crippen LogP contribution is 2.21. The molecule has 0 aliphatic heterocycles. The van der Waals surface area contributed by atoms with Gasteiger partial charge < -0.3 is 9.47 Å². The fraction of sp³-hybridized carbons (Fsp3) is 0.364. The van der Waals surface area contributed by atoms with Crippen molar-refractivity contribution >= 4 is 17.6 Å². The molecule has 0 saturated heterocycles. The summed E-state index contributed by atoms with van der Waals surface area (Å²) in [5, 5.41) is 0. The second-order valence-corrected chi connectivity index (χ2v) is 3.29. The van der Waals surface area contributed by atoms with Crippen molar-refractivity contribution in [2.24, 2.45) is 0 Å². The lowest BCUT2D eigenvalue weighted by Crippen LogP contribution is -2.25. The molecule has 1 unspecified atom stereocenters. The number of esters is 1. The SMILES string of the molecule is COC(=O)C(C)Oc1ccccc1CCl. The van der Waals surface area contributed by atoms with Gasteiger partial charge in [0.05, 0.1) is 13.0 Å². The van der Waals surface area contributed by atoms with Gasteiger partial charge in [-0.05, 0) is 13.0 Å². The van der Waals surface area contributed by atoms with Gasteiger partial charge in [0.2, 0.25) is 0 Å². The first kappa shape index (κ1) is 11.9. The predicted molar refractivity (Wildman–Crippen MR) is 58.1 cm³/mol. The van der Waals surface area contributed by atoms with Crippen molar-refractivity contribution in [1.82, 2.24) is 0 Å². The largest absolute Gasteiger partial charge is 0.479 e. The van der Waals surface area contributed by atoms with Gasteiger partial charge in [-0.15, -0.1) is 11.6 Å². The Hall–Kier alpha value is -1.22. The monoisotopic (exact) mass is 228 g/mol. The van der Waals surface area contributed by atoms with E-state index in [-0.39, 0.29) is 0 Å². The highest BCUT2D eigenvalue weighted by Gasteiger charge is 2.15. The average Bonchev–Trinajstić information content (AvgIpc) is 2.28. The van der Waals surface area contributed by atoms with E-state index in [1.54, 1.807) is 13.0 Å². The summed E-state index contributed by atoms with van der Waals surface area (Å²) in [4.78, 5) is 11.1. The molecule has 0 bridgehead atoms. The number of hydrogen-bond acceptors (Lipinski definition) is 3. The molecule has 82 valence electrons. The zero-order valence-electron chi connectivity index (χ0n) is 8.70. The molecule has 0 aromatic heterocycles. The summed E-state index contributed by atoms with van der Waals surface area (Å²) in [7, 11) is 1.33. The molecule has 0 amide bonds. The van der Waals surface area contributed by atoms with Crippen LogP contribution < -0.4 is 4.74 Å². The molecular weight excluding hydrogens is 216 g/mol. The van der Waals surface area contributed by atoms with Gasteiger partial charge in [-0.3, -0.25) is 0 Å². The molecule has 15 heavy (non-hydrogen) atoms. The standard InChI is InChI=1S/C11H13ClO3/c1-8(11(13)14-2)15-10-6-4-3-5-9(10)7-12/h3-6,8H,7H2,1-2H3. The zero-order valence-corrected chi connectivity index (χ0v) is 9.45. The van der Waals surface area contributed by atoms with Crippen LogP contribution in [0.3, 0.4) is 0 Å². The Bertz CT molecular complexity index is 338. The summed E-state index contributed by atoms with van der Waals surface area (Å²) in [5.41, 5.74) is 0.856. The van der Waals surface area contributed by atoms with Crippen molar-refractivity contribution < 1.29 is 14.3 Å². The second-order valence-electron chi connectivity index (χ2n) is 3.02. The van der Waals surface area contributed by atoms with E-state index >= 15 is 0 Å². The van der Waals surface area contributed by atoms with E-state index in [9.17, 15) is 4.79 Å². The summed E-state index contributed by atoms with van der Waals surface area (Å²) >= 11 is 5.73. The lowest BCUT2D eigenvalue weighted by Gasteiger charge is -2.14. The number of hydrogen-bond donors (Lipinski definition) is 0. The molecule has 0 heterocycles. The molecule has 0 N–H and O–H groups in total. The van der Waals surface area contributed by atoms with Crippen LogP contribution in [0.4, 0.5) is 0 Å². The fourth-order valence-corrected chi connectivity index (χ4v) is 1.35. The molecule has 1 aromatic carbocycles. The first-order chi connectivity index (χ1) is 7.19. The number of ether oxygens (including phenoxy) is 2. The summed E-state index contributed by atoms with van der Waals surface area (Å²) in [6.07, 6.45) is -0.626. The maximum Gasteiger partial charge on any atom is 0.346 e. The Labute approximate surface area is 93.9 Å². The Morgan fingerprint density at radius 3 is 2.73 bits per heavy atom. The van der Waals surface area contributed by atoms with Crippen molar-refractivity contribution in [3.05, 3.63) is 29.8 Å². The minimum Gasteiger partial charge on any atom is -0.479 e. The molecule has 1 atom stereocenters. The molecule has 0 saturated carbocycles. The van der Waals surface area contributed by atoms with Crippen LogP contribution in [0.2, 0.25) is 0 Å². The number of halogens is 1. The first-order valence-corrected chi connectivity index (χ1v) is 5.11. The molecular formula is C11H13ClO3. The Kier molecular flexibility index (Phi) is 4.43. The van der Waals surface area contributed by atoms with E-state index in [0.29, 0.717) is 11.6 Å². The number of benzene rings is 1. The van der Waals surface area contributed by atoms with Gasteiger partial charge in [0.25, 0.3) is 0 Å². The third-order valence-corrected chi connectivity index (χ3v) is 2.24. The van der Waals surface area contributed by atoms with Gasteiger partial charge in [0, 0.05) is 5.56 Å². The van der Waals surface area contributed by atoms with Crippen molar-refractivity contribution in [3.63, 3.8) is 0 Å². The number of carbonyl (C=O) groups is 1. The van der Waals surface area contributed by atoms with Crippen LogP contribution in [0.25, 0.3) is 0 Å². The van der Waals surface area contributed by atoms with Crippen LogP contribution in [0, 0.1) is 0 Å². The first-order valence-electron chi connectivity index (χ1n) is 4.57. The van der Waals surface area contributed by atoms with Gasteiger partial charge in [-0.25, -0.2) is 4.79 Å². The van der Waals surface area contributed by atoms with Gasteiger partial charge >= 0.3 is 5.97 Å². The topological polar surface area (TPSA) is 35.5 Å². The van der Waals surface area contributed by atoms with Crippen LogP contribution in [-0.4, -0.2) is 19.2 Å². The van der Waals surface area contributed by atoms with Gasteiger partial charge in [-0.2, -0.15) is 0 Å². The molecule has 0 spiro atoms. The number of alkyl halides is 1. The van der Waals surface area contributed by atoms with E-state index in [1.165, 1.54) is 7.11 Å². The number of carbonyl (C=O) groups excluding carboxylic acids is 1. The molecule has 1 aromatic rings. The minimum atomic E-state index is -0.626. The summed E-state index contributed by atoms with van der Waals surface area (Å²) in [6, 6.07) is 7.33. The van der Waals surface area contributed by atoms with Crippen LogP contribution in [0.5, 0.6) is 5.75 Å². The maximum atomic E-state index is 11.1. The zero-order chi connectivity index (χ0) is 11.3. The normalized spacial score (nSPS) is 11.9. The van der Waals surface area contributed by atoms with Crippen molar-refractivity contribution in [3.8, 4) is 5.75 Å². The number of para-hydroxylation sites is 1. The van der Waals surface area contributed by atoms with E-state index < -0.39 is 12.1 Å². The van der Waals surface area contributed by atoms with Crippen LogP contribution in [0.15, 0.2) is 24.3 Å².